The van der Waals surface area contributed by atoms with Crippen LogP contribution in [0.4, 0.5) is 0 Å². The number of nitriles is 1. The summed E-state index contributed by atoms with van der Waals surface area (Å²) in [5, 5.41) is 10.2. The van der Waals surface area contributed by atoms with E-state index in [-0.39, 0.29) is 28.2 Å². The molecule has 3 aromatic rings. The van der Waals surface area contributed by atoms with Crippen LogP contribution in [-0.2, 0) is 4.74 Å². The molecule has 0 bridgehead atoms. The lowest BCUT2D eigenvalue weighted by atomic mass is 9.85. The Morgan fingerprint density at radius 3 is 2.62 bits per heavy atom. The molecule has 0 radical (unpaired) electrons. The number of benzene rings is 2. The van der Waals surface area contributed by atoms with Crippen molar-refractivity contribution in [3.05, 3.63) is 92.1 Å². The zero-order valence-electron chi connectivity index (χ0n) is 15.3. The zero-order chi connectivity index (χ0) is 20.7. The molecule has 1 aliphatic heterocycles. The van der Waals surface area contributed by atoms with Crippen molar-refractivity contribution < 1.29 is 13.9 Å². The first-order valence-electron chi connectivity index (χ1n) is 8.79. The van der Waals surface area contributed by atoms with E-state index in [0.717, 1.165) is 5.56 Å². The van der Waals surface area contributed by atoms with Crippen LogP contribution in [0.2, 0.25) is 5.02 Å². The number of hydrogen-bond acceptors (Lipinski definition) is 6. The maximum Gasteiger partial charge on any atom is 0.199 e. The standard InChI is InChI=1S/C22H15ClN2O4/c1-11-2-4-12(5-3-11)19(26)18-15(9-24)22(25)29-21(18)16-10-28-17-7-6-13(23)8-14(17)20(16)27/h2-8,10,18,21H,25H2,1H3/t18-,21+/m0/s1. The Labute approximate surface area is 170 Å². The van der Waals surface area contributed by atoms with Crippen LogP contribution < -0.4 is 11.2 Å². The smallest absolute Gasteiger partial charge is 0.199 e. The van der Waals surface area contributed by atoms with Crippen LogP contribution in [0.5, 0.6) is 0 Å². The molecule has 0 saturated heterocycles. The first-order valence-corrected chi connectivity index (χ1v) is 9.16. The molecule has 0 spiro atoms. The SMILES string of the molecule is Cc1ccc(C(=O)[C@@H]2C(C#N)=C(N)O[C@@H]2c2coc3ccc(Cl)cc3c2=O)cc1. The van der Waals surface area contributed by atoms with E-state index < -0.39 is 17.5 Å². The van der Waals surface area contributed by atoms with Gasteiger partial charge in [0.2, 0.25) is 0 Å². The molecule has 29 heavy (non-hydrogen) atoms. The predicted octanol–water partition coefficient (Wildman–Crippen LogP) is 4.02. The molecule has 0 amide bonds. The van der Waals surface area contributed by atoms with Gasteiger partial charge in [0.05, 0.1) is 10.9 Å². The highest BCUT2D eigenvalue weighted by Gasteiger charge is 2.44. The summed E-state index contributed by atoms with van der Waals surface area (Å²) >= 11 is 6.01. The topological polar surface area (TPSA) is 106 Å². The Balaban J connectivity index is 1.85. The normalized spacial score (nSPS) is 18.5. The summed E-state index contributed by atoms with van der Waals surface area (Å²) in [4.78, 5) is 26.3. The third-order valence-corrected chi connectivity index (χ3v) is 5.18. The quantitative estimate of drug-likeness (QED) is 0.658. The minimum atomic E-state index is -1.07. The van der Waals surface area contributed by atoms with E-state index >= 15 is 0 Å². The van der Waals surface area contributed by atoms with Gasteiger partial charge in [-0.3, -0.25) is 9.59 Å². The van der Waals surface area contributed by atoms with Crippen molar-refractivity contribution in [1.29, 1.82) is 5.26 Å². The Hall–Kier alpha value is -3.56. The van der Waals surface area contributed by atoms with Gasteiger partial charge in [-0.1, -0.05) is 41.4 Å². The molecule has 4 rings (SSSR count). The fourth-order valence-electron chi connectivity index (χ4n) is 3.42. The number of Topliss-reactive ketones (excluding diaryl/α,β-unsaturated/α-hetero) is 1. The zero-order valence-corrected chi connectivity index (χ0v) is 16.1. The van der Waals surface area contributed by atoms with Crippen molar-refractivity contribution in [3.63, 3.8) is 0 Å². The fraction of sp³-hybridized carbons (Fsp3) is 0.136. The lowest BCUT2D eigenvalue weighted by Crippen LogP contribution is -2.25. The van der Waals surface area contributed by atoms with Gasteiger partial charge >= 0.3 is 0 Å². The van der Waals surface area contributed by atoms with Crippen LogP contribution in [0.25, 0.3) is 11.0 Å². The van der Waals surface area contributed by atoms with Crippen molar-refractivity contribution >= 4 is 28.4 Å². The minimum absolute atomic E-state index is 0.00818. The Morgan fingerprint density at radius 2 is 1.93 bits per heavy atom. The maximum absolute atomic E-state index is 13.2. The molecule has 2 heterocycles. The summed E-state index contributed by atoms with van der Waals surface area (Å²) in [7, 11) is 0. The molecule has 0 aliphatic carbocycles. The third kappa shape index (κ3) is 3.16. The van der Waals surface area contributed by atoms with Gasteiger partial charge < -0.3 is 14.9 Å². The summed E-state index contributed by atoms with van der Waals surface area (Å²) in [5.41, 5.74) is 7.29. The molecule has 0 unspecified atom stereocenters. The maximum atomic E-state index is 13.2. The van der Waals surface area contributed by atoms with Crippen LogP contribution in [0, 0.1) is 24.2 Å². The van der Waals surface area contributed by atoms with Crippen molar-refractivity contribution in [1.82, 2.24) is 0 Å². The molecular formula is C22H15ClN2O4. The van der Waals surface area contributed by atoms with Crippen LogP contribution >= 0.6 is 11.6 Å². The number of ether oxygens (including phenoxy) is 1. The molecule has 144 valence electrons. The van der Waals surface area contributed by atoms with E-state index in [1.807, 2.05) is 13.0 Å². The second kappa shape index (κ2) is 7.12. The number of rotatable bonds is 3. The Bertz CT molecular complexity index is 1270. The highest BCUT2D eigenvalue weighted by Crippen LogP contribution is 2.40. The number of carbonyl (C=O) groups excluding carboxylic acids is 1. The highest BCUT2D eigenvalue weighted by molar-refractivity contribution is 6.31. The lowest BCUT2D eigenvalue weighted by Gasteiger charge is -2.18. The predicted molar refractivity (Wildman–Crippen MR) is 107 cm³/mol. The van der Waals surface area contributed by atoms with Gasteiger partial charge in [0.1, 0.15) is 35.5 Å². The molecule has 0 saturated carbocycles. The van der Waals surface area contributed by atoms with E-state index in [1.54, 1.807) is 36.4 Å². The monoisotopic (exact) mass is 406 g/mol. The molecule has 1 aliphatic rings. The Morgan fingerprint density at radius 1 is 1.21 bits per heavy atom. The summed E-state index contributed by atoms with van der Waals surface area (Å²) in [6.45, 7) is 1.90. The molecule has 6 nitrogen and oxygen atoms in total. The van der Waals surface area contributed by atoms with Gasteiger partial charge in [-0.15, -0.1) is 0 Å². The summed E-state index contributed by atoms with van der Waals surface area (Å²) < 4.78 is 11.2. The van der Waals surface area contributed by atoms with Crippen LogP contribution in [0.15, 0.2) is 69.4 Å². The summed E-state index contributed by atoms with van der Waals surface area (Å²) in [6.07, 6.45) is 0.171. The van der Waals surface area contributed by atoms with Crippen molar-refractivity contribution in [2.24, 2.45) is 11.7 Å². The third-order valence-electron chi connectivity index (χ3n) is 4.94. The van der Waals surface area contributed by atoms with Gasteiger partial charge in [0, 0.05) is 10.6 Å². The second-order valence-electron chi connectivity index (χ2n) is 6.80. The van der Waals surface area contributed by atoms with Gasteiger partial charge in [-0.2, -0.15) is 5.26 Å². The number of fused-ring (bicyclic) bond motifs is 1. The number of ketones is 1. The molecular weight excluding hydrogens is 392 g/mol. The van der Waals surface area contributed by atoms with Gasteiger partial charge in [0.15, 0.2) is 17.1 Å². The van der Waals surface area contributed by atoms with Crippen molar-refractivity contribution in [2.75, 3.05) is 0 Å². The molecule has 2 aromatic carbocycles. The summed E-state index contributed by atoms with van der Waals surface area (Å²) in [5.74, 6) is -1.59. The average Bonchev–Trinajstić information content (AvgIpc) is 3.04. The molecule has 2 N–H and O–H groups in total. The highest BCUT2D eigenvalue weighted by atomic mass is 35.5. The number of halogens is 1. The molecule has 2 atom stereocenters. The first-order chi connectivity index (χ1) is 13.9. The lowest BCUT2D eigenvalue weighted by molar-refractivity contribution is 0.0742. The number of hydrogen-bond donors (Lipinski definition) is 1. The van der Waals surface area contributed by atoms with Crippen LogP contribution in [-0.4, -0.2) is 5.78 Å². The minimum Gasteiger partial charge on any atom is -0.469 e. The number of carbonyl (C=O) groups is 1. The van der Waals surface area contributed by atoms with Gasteiger partial charge in [-0.05, 0) is 25.1 Å². The molecule has 7 heteroatoms. The fourth-order valence-corrected chi connectivity index (χ4v) is 3.59. The van der Waals surface area contributed by atoms with E-state index in [2.05, 4.69) is 0 Å². The van der Waals surface area contributed by atoms with Gasteiger partial charge in [-0.25, -0.2) is 0 Å². The van der Waals surface area contributed by atoms with E-state index in [0.29, 0.717) is 16.2 Å². The number of aryl methyl sites for hydroxylation is 1. The van der Waals surface area contributed by atoms with E-state index in [4.69, 9.17) is 26.5 Å². The second-order valence-corrected chi connectivity index (χ2v) is 7.23. The summed E-state index contributed by atoms with van der Waals surface area (Å²) in [6, 6.07) is 13.5. The largest absolute Gasteiger partial charge is 0.469 e. The van der Waals surface area contributed by atoms with Crippen molar-refractivity contribution in [2.45, 2.75) is 13.0 Å². The average molecular weight is 407 g/mol. The van der Waals surface area contributed by atoms with E-state index in [1.165, 1.54) is 12.3 Å². The van der Waals surface area contributed by atoms with E-state index in [9.17, 15) is 14.9 Å². The molecule has 0 fully saturated rings. The van der Waals surface area contributed by atoms with Crippen LogP contribution in [0.3, 0.4) is 0 Å². The number of nitrogens with zero attached hydrogens (tertiary/aromatic N) is 1. The van der Waals surface area contributed by atoms with Gasteiger partial charge in [0.25, 0.3) is 0 Å². The Kier molecular flexibility index (Phi) is 4.61. The molecule has 1 aromatic heterocycles. The first kappa shape index (κ1) is 18.8. The van der Waals surface area contributed by atoms with Crippen LogP contribution in [0.1, 0.15) is 27.6 Å². The van der Waals surface area contributed by atoms with Crippen molar-refractivity contribution in [3.8, 4) is 6.07 Å². The number of nitrogens with two attached hydrogens (primary N) is 1.